The fourth-order valence-corrected chi connectivity index (χ4v) is 1.58. The summed E-state index contributed by atoms with van der Waals surface area (Å²) in [5.74, 6) is 0. The molecule has 0 radical (unpaired) electrons. The van der Waals surface area contributed by atoms with Gasteiger partial charge in [-0.25, -0.2) is 0 Å². The molecule has 0 aromatic carbocycles. The van der Waals surface area contributed by atoms with Crippen molar-refractivity contribution in [2.45, 2.75) is 17.2 Å². The molecule has 0 heterocycles. The number of hydrogen-bond donors (Lipinski definition) is 0. The second-order valence-electron chi connectivity index (χ2n) is 1.53. The molecule has 0 atom stereocenters. The molecule has 0 nitrogen and oxygen atoms in total. The summed E-state index contributed by atoms with van der Waals surface area (Å²) in [6.45, 7) is 2.19. The average molecular weight is 153 g/mol. The van der Waals surface area contributed by atoms with Crippen molar-refractivity contribution in [3.63, 3.8) is 0 Å². The molecule has 8 heavy (non-hydrogen) atoms. The molecule has 0 bridgehead atoms. The van der Waals surface area contributed by atoms with Crippen LogP contribution >= 0.6 is 0 Å². The van der Waals surface area contributed by atoms with Crippen molar-refractivity contribution < 1.29 is 14.4 Å². The first-order chi connectivity index (χ1) is 3.93. The predicted octanol–water partition coefficient (Wildman–Crippen LogP) is 2.42. The summed E-state index contributed by atoms with van der Waals surface area (Å²) in [7, 11) is 0. The van der Waals surface area contributed by atoms with E-state index < -0.39 is 0 Å². The van der Waals surface area contributed by atoms with Gasteiger partial charge in [0.1, 0.15) is 0 Å². The van der Waals surface area contributed by atoms with Gasteiger partial charge in [-0.05, 0) is 0 Å². The van der Waals surface area contributed by atoms with Gasteiger partial charge in [-0.15, -0.1) is 0 Å². The first-order valence-corrected chi connectivity index (χ1v) is 4.05. The van der Waals surface area contributed by atoms with Crippen LogP contribution in [-0.4, -0.2) is 0 Å². The van der Waals surface area contributed by atoms with Gasteiger partial charge < -0.3 is 0 Å². The Hall–Kier alpha value is -0.0265. The van der Waals surface area contributed by atoms with E-state index in [0.29, 0.717) is 4.89 Å². The molecule has 0 N–H and O–H groups in total. The third-order valence-corrected chi connectivity index (χ3v) is 2.20. The van der Waals surface area contributed by atoms with Gasteiger partial charge in [0.05, 0.1) is 0 Å². The Kier molecular flexibility index (Phi) is 2.36. The Bertz CT molecular complexity index is 102. The molecule has 0 aliphatic heterocycles. The van der Waals surface area contributed by atoms with E-state index in [1.165, 1.54) is 5.39 Å². The second kappa shape index (κ2) is 3.09. The fourth-order valence-electron chi connectivity index (χ4n) is 0.626. The average Bonchev–Trinajstić information content (AvgIpc) is 2.19. The topological polar surface area (TPSA) is 0 Å². The van der Waals surface area contributed by atoms with Gasteiger partial charge in [-0.3, -0.25) is 0 Å². The zero-order chi connectivity index (χ0) is 5.82. The quantitative estimate of drug-likeness (QED) is 0.534. The van der Waals surface area contributed by atoms with Crippen LogP contribution in [0.2, 0.25) is 10.3 Å². The molecule has 1 aliphatic carbocycles. The SMILES string of the molecule is C[CH2][Ni][CH]1C=CC=C1. The monoisotopic (exact) mass is 152 g/mol. The Morgan fingerprint density at radius 1 is 1.38 bits per heavy atom. The molecule has 0 saturated carbocycles. The summed E-state index contributed by atoms with van der Waals surface area (Å²) in [5.41, 5.74) is 0. The van der Waals surface area contributed by atoms with Crippen LogP contribution in [0.25, 0.3) is 0 Å². The van der Waals surface area contributed by atoms with Crippen molar-refractivity contribution in [3.8, 4) is 0 Å². The van der Waals surface area contributed by atoms with Gasteiger partial charge in [-0.2, -0.15) is 0 Å². The summed E-state index contributed by atoms with van der Waals surface area (Å²) in [4.78, 5) is 0.687. The van der Waals surface area contributed by atoms with Crippen LogP contribution in [0.1, 0.15) is 6.92 Å². The van der Waals surface area contributed by atoms with Crippen LogP contribution < -0.4 is 0 Å². The van der Waals surface area contributed by atoms with Crippen LogP contribution in [0.5, 0.6) is 0 Å². The third kappa shape index (κ3) is 1.49. The van der Waals surface area contributed by atoms with Crippen LogP contribution in [0.3, 0.4) is 0 Å². The van der Waals surface area contributed by atoms with Crippen LogP contribution in [-0.2, 0) is 14.4 Å². The Morgan fingerprint density at radius 3 is 2.50 bits per heavy atom. The van der Waals surface area contributed by atoms with E-state index in [1.54, 1.807) is 14.4 Å². The van der Waals surface area contributed by atoms with Crippen molar-refractivity contribution >= 4 is 0 Å². The third-order valence-electron chi connectivity index (χ3n) is 0.955. The summed E-state index contributed by atoms with van der Waals surface area (Å²) >= 11 is 1.80. The minimum atomic E-state index is 0.687. The van der Waals surface area contributed by atoms with Crippen LogP contribution in [0.4, 0.5) is 0 Å². The molecular weight excluding hydrogens is 143 g/mol. The van der Waals surface area contributed by atoms with E-state index in [9.17, 15) is 0 Å². The standard InChI is InChI=1S/C5H5.C2H5.Ni/c1-2-4-5-3-1;1-2;/h1-5H;1H2,2H3;. The molecule has 0 aromatic rings. The van der Waals surface area contributed by atoms with Gasteiger partial charge in [0.15, 0.2) is 0 Å². The van der Waals surface area contributed by atoms with Gasteiger partial charge in [-0.1, -0.05) is 0 Å². The van der Waals surface area contributed by atoms with Crippen molar-refractivity contribution in [2.75, 3.05) is 0 Å². The van der Waals surface area contributed by atoms with Crippen molar-refractivity contribution in [1.29, 1.82) is 0 Å². The molecule has 0 fully saturated rings. The van der Waals surface area contributed by atoms with Crippen LogP contribution in [0, 0.1) is 0 Å². The van der Waals surface area contributed by atoms with Crippen LogP contribution in [0.15, 0.2) is 24.3 Å². The zero-order valence-corrected chi connectivity index (χ0v) is 5.90. The van der Waals surface area contributed by atoms with E-state index >= 15 is 0 Å². The Balaban J connectivity index is 2.27. The van der Waals surface area contributed by atoms with Crippen molar-refractivity contribution in [1.82, 2.24) is 0 Å². The van der Waals surface area contributed by atoms with Crippen molar-refractivity contribution in [3.05, 3.63) is 24.3 Å². The zero-order valence-electron chi connectivity index (χ0n) is 4.91. The minimum absolute atomic E-state index is 0.687. The maximum atomic E-state index is 2.23. The maximum absolute atomic E-state index is 2.23. The van der Waals surface area contributed by atoms with Gasteiger partial charge in [0.25, 0.3) is 0 Å². The molecule has 0 spiro atoms. The van der Waals surface area contributed by atoms with E-state index in [4.69, 9.17) is 0 Å². The first-order valence-electron chi connectivity index (χ1n) is 2.78. The van der Waals surface area contributed by atoms with Gasteiger partial charge in [0, 0.05) is 0 Å². The Labute approximate surface area is 56.5 Å². The molecule has 1 heteroatoms. The summed E-state index contributed by atoms with van der Waals surface area (Å²) in [6.07, 6.45) is 8.67. The van der Waals surface area contributed by atoms with Gasteiger partial charge >= 0.3 is 55.9 Å². The normalized spacial score (nSPS) is 18.6. The fraction of sp³-hybridized carbons (Fsp3) is 0.429. The number of rotatable bonds is 2. The molecule has 1 rings (SSSR count). The molecule has 0 unspecified atom stereocenters. The van der Waals surface area contributed by atoms with Crippen molar-refractivity contribution in [2.24, 2.45) is 0 Å². The summed E-state index contributed by atoms with van der Waals surface area (Å²) in [5, 5.41) is 1.23. The van der Waals surface area contributed by atoms with E-state index in [0.717, 1.165) is 0 Å². The molecule has 0 amide bonds. The molecular formula is C7H10Ni. The number of hydrogen-bond acceptors (Lipinski definition) is 0. The molecule has 0 saturated heterocycles. The van der Waals surface area contributed by atoms with E-state index in [2.05, 4.69) is 31.2 Å². The summed E-state index contributed by atoms with van der Waals surface area (Å²) < 4.78 is 0. The number of allylic oxidation sites excluding steroid dienone is 4. The van der Waals surface area contributed by atoms with E-state index in [-0.39, 0.29) is 0 Å². The van der Waals surface area contributed by atoms with E-state index in [1.807, 2.05) is 0 Å². The molecule has 0 aromatic heterocycles. The van der Waals surface area contributed by atoms with Gasteiger partial charge in [0.2, 0.25) is 0 Å². The second-order valence-corrected chi connectivity index (χ2v) is 3.29. The first kappa shape index (κ1) is 6.10. The molecule has 1 aliphatic rings. The predicted molar refractivity (Wildman–Crippen MR) is 32.5 cm³/mol. The molecule has 48 valence electrons. The Morgan fingerprint density at radius 2 is 2.00 bits per heavy atom. The summed E-state index contributed by atoms with van der Waals surface area (Å²) in [6, 6.07) is 0.